The molecule has 1 fully saturated rings. The predicted molar refractivity (Wildman–Crippen MR) is 113 cm³/mol. The molecule has 0 atom stereocenters. The Balaban J connectivity index is 1.63. The number of aromatic nitrogens is 2. The number of hydrogen-bond acceptors (Lipinski definition) is 6. The number of hydrogen-bond donors (Lipinski definition) is 1. The summed E-state index contributed by atoms with van der Waals surface area (Å²) < 4.78 is 51.3. The Morgan fingerprint density at radius 2 is 1.97 bits per heavy atom. The SMILES string of the molecule is CCNc1nc(Cc2ccc(N3CCOCC3)cc2OC)nc2c1C(C(F)(F)F)=CC2. The number of benzene rings is 1. The molecule has 9 heteroatoms. The summed E-state index contributed by atoms with van der Waals surface area (Å²) in [5.74, 6) is 1.39. The molecule has 1 aliphatic heterocycles. The zero-order valence-electron chi connectivity index (χ0n) is 17.6. The molecule has 1 saturated heterocycles. The van der Waals surface area contributed by atoms with Gasteiger partial charge in [0.2, 0.25) is 0 Å². The Hall–Kier alpha value is -2.81. The molecule has 6 nitrogen and oxygen atoms in total. The molecule has 0 amide bonds. The van der Waals surface area contributed by atoms with Crippen molar-refractivity contribution in [2.24, 2.45) is 0 Å². The van der Waals surface area contributed by atoms with Crippen LogP contribution in [0.25, 0.3) is 5.57 Å². The molecule has 166 valence electrons. The number of fused-ring (bicyclic) bond motifs is 1. The highest BCUT2D eigenvalue weighted by molar-refractivity contribution is 5.82. The Labute approximate surface area is 179 Å². The van der Waals surface area contributed by atoms with E-state index in [0.717, 1.165) is 24.3 Å². The number of alkyl halides is 3. The molecule has 1 aliphatic carbocycles. The molecule has 2 aliphatic rings. The Kier molecular flexibility index (Phi) is 6.04. The first-order chi connectivity index (χ1) is 14.9. The van der Waals surface area contributed by atoms with E-state index in [0.29, 0.717) is 43.4 Å². The van der Waals surface area contributed by atoms with Gasteiger partial charge in [0.05, 0.1) is 37.2 Å². The maximum Gasteiger partial charge on any atom is 0.416 e. The minimum absolute atomic E-state index is 0.0627. The van der Waals surface area contributed by atoms with Crippen molar-refractivity contribution in [3.63, 3.8) is 0 Å². The summed E-state index contributed by atoms with van der Waals surface area (Å²) in [4.78, 5) is 11.1. The summed E-state index contributed by atoms with van der Waals surface area (Å²) in [6, 6.07) is 5.96. The van der Waals surface area contributed by atoms with Crippen molar-refractivity contribution in [3.8, 4) is 5.75 Å². The molecule has 0 spiro atoms. The van der Waals surface area contributed by atoms with Crippen LogP contribution >= 0.6 is 0 Å². The van der Waals surface area contributed by atoms with Gasteiger partial charge in [0.1, 0.15) is 17.4 Å². The summed E-state index contributed by atoms with van der Waals surface area (Å²) in [7, 11) is 1.61. The number of methoxy groups -OCH3 is 1. The standard InChI is InChI=1S/C22H25F3N4O2/c1-3-26-21-20-16(22(23,24)25)6-7-17(20)27-19(28-21)12-14-4-5-15(13-18(14)30-2)29-8-10-31-11-9-29/h4-6,13H,3,7-12H2,1-2H3,(H,26,27,28). The number of halogens is 3. The lowest BCUT2D eigenvalue weighted by molar-refractivity contribution is -0.0687. The molecular weight excluding hydrogens is 409 g/mol. The maximum absolute atomic E-state index is 13.4. The quantitative estimate of drug-likeness (QED) is 0.746. The van der Waals surface area contributed by atoms with Crippen LogP contribution in [0.3, 0.4) is 0 Å². The molecular formula is C22H25F3N4O2. The van der Waals surface area contributed by atoms with Crippen LogP contribution in [0.15, 0.2) is 24.3 Å². The van der Waals surface area contributed by atoms with Crippen LogP contribution in [-0.2, 0) is 17.6 Å². The lowest BCUT2D eigenvalue weighted by Gasteiger charge is -2.29. The number of morpholine rings is 1. The van der Waals surface area contributed by atoms with Crippen molar-refractivity contribution in [1.82, 2.24) is 9.97 Å². The normalized spacial score (nSPS) is 16.2. The third kappa shape index (κ3) is 4.46. The third-order valence-electron chi connectivity index (χ3n) is 5.44. The topological polar surface area (TPSA) is 59.5 Å². The smallest absolute Gasteiger partial charge is 0.416 e. The summed E-state index contributed by atoms with van der Waals surface area (Å²) in [5, 5.41) is 2.98. The summed E-state index contributed by atoms with van der Waals surface area (Å²) in [6.07, 6.45) is -2.74. The van der Waals surface area contributed by atoms with Crippen LogP contribution in [0, 0.1) is 0 Å². The van der Waals surface area contributed by atoms with E-state index in [4.69, 9.17) is 9.47 Å². The molecule has 1 aromatic heterocycles. The molecule has 0 saturated carbocycles. The molecule has 0 radical (unpaired) electrons. The monoisotopic (exact) mass is 434 g/mol. The van der Waals surface area contributed by atoms with E-state index in [-0.39, 0.29) is 17.8 Å². The van der Waals surface area contributed by atoms with Crippen LogP contribution in [0.5, 0.6) is 5.75 Å². The van der Waals surface area contributed by atoms with Crippen LogP contribution in [-0.4, -0.2) is 56.1 Å². The number of rotatable bonds is 6. The second-order valence-electron chi connectivity index (χ2n) is 7.43. The second kappa shape index (κ2) is 8.74. The Morgan fingerprint density at radius 3 is 2.65 bits per heavy atom. The maximum atomic E-state index is 13.4. The zero-order chi connectivity index (χ0) is 22.0. The third-order valence-corrected chi connectivity index (χ3v) is 5.44. The first-order valence-corrected chi connectivity index (χ1v) is 10.3. The molecule has 4 rings (SSSR count). The van der Waals surface area contributed by atoms with Gasteiger partial charge in [-0.15, -0.1) is 0 Å². The van der Waals surface area contributed by atoms with E-state index < -0.39 is 11.7 Å². The first-order valence-electron chi connectivity index (χ1n) is 10.3. The van der Waals surface area contributed by atoms with Gasteiger partial charge < -0.3 is 19.7 Å². The van der Waals surface area contributed by atoms with Gasteiger partial charge in [0.25, 0.3) is 0 Å². The molecule has 0 bridgehead atoms. The second-order valence-corrected chi connectivity index (χ2v) is 7.43. The van der Waals surface area contributed by atoms with E-state index in [9.17, 15) is 13.2 Å². The van der Waals surface area contributed by atoms with E-state index >= 15 is 0 Å². The van der Waals surface area contributed by atoms with E-state index in [2.05, 4.69) is 20.2 Å². The largest absolute Gasteiger partial charge is 0.496 e. The number of nitrogens with one attached hydrogen (secondary N) is 1. The van der Waals surface area contributed by atoms with Crippen LogP contribution in [0.4, 0.5) is 24.7 Å². The van der Waals surface area contributed by atoms with Gasteiger partial charge in [0, 0.05) is 49.8 Å². The van der Waals surface area contributed by atoms with Crippen LogP contribution < -0.4 is 15.0 Å². The fourth-order valence-electron chi connectivity index (χ4n) is 3.99. The van der Waals surface area contributed by atoms with E-state index in [1.165, 1.54) is 6.08 Å². The lowest BCUT2D eigenvalue weighted by Crippen LogP contribution is -2.36. The van der Waals surface area contributed by atoms with Gasteiger partial charge >= 0.3 is 6.18 Å². The summed E-state index contributed by atoms with van der Waals surface area (Å²) in [5.41, 5.74) is 1.72. The average molecular weight is 434 g/mol. The van der Waals surface area contributed by atoms with Crippen LogP contribution in [0.2, 0.25) is 0 Å². The average Bonchev–Trinajstić information content (AvgIpc) is 3.20. The van der Waals surface area contributed by atoms with Gasteiger partial charge in [0.15, 0.2) is 0 Å². The zero-order valence-corrected chi connectivity index (χ0v) is 17.6. The number of nitrogens with zero attached hydrogens (tertiary/aromatic N) is 3. The molecule has 31 heavy (non-hydrogen) atoms. The molecule has 1 N–H and O–H groups in total. The van der Waals surface area contributed by atoms with E-state index in [1.807, 2.05) is 25.1 Å². The summed E-state index contributed by atoms with van der Waals surface area (Å²) in [6.45, 7) is 5.30. The van der Waals surface area contributed by atoms with Crippen molar-refractivity contribution in [2.45, 2.75) is 25.9 Å². The fraction of sp³-hybridized carbons (Fsp3) is 0.455. The van der Waals surface area contributed by atoms with Gasteiger partial charge in [-0.05, 0) is 13.0 Å². The summed E-state index contributed by atoms with van der Waals surface area (Å²) >= 11 is 0. The van der Waals surface area contributed by atoms with Crippen molar-refractivity contribution < 1.29 is 22.6 Å². The molecule has 0 unspecified atom stereocenters. The number of anilines is 2. The minimum Gasteiger partial charge on any atom is -0.496 e. The number of allylic oxidation sites excluding steroid dienone is 2. The molecule has 2 heterocycles. The van der Waals surface area contributed by atoms with Crippen molar-refractivity contribution >= 4 is 17.1 Å². The minimum atomic E-state index is -4.43. The fourth-order valence-corrected chi connectivity index (χ4v) is 3.99. The lowest BCUT2D eigenvalue weighted by atomic mass is 10.1. The Morgan fingerprint density at radius 1 is 1.19 bits per heavy atom. The number of ether oxygens (including phenoxy) is 2. The highest BCUT2D eigenvalue weighted by atomic mass is 19.4. The van der Waals surface area contributed by atoms with Crippen molar-refractivity contribution in [3.05, 3.63) is 46.9 Å². The van der Waals surface area contributed by atoms with Gasteiger partial charge in [-0.2, -0.15) is 13.2 Å². The van der Waals surface area contributed by atoms with Crippen molar-refractivity contribution in [1.29, 1.82) is 0 Å². The van der Waals surface area contributed by atoms with Gasteiger partial charge in [-0.1, -0.05) is 12.1 Å². The van der Waals surface area contributed by atoms with E-state index in [1.54, 1.807) is 7.11 Å². The highest BCUT2D eigenvalue weighted by Crippen LogP contribution is 2.42. The highest BCUT2D eigenvalue weighted by Gasteiger charge is 2.40. The predicted octanol–water partition coefficient (Wildman–Crippen LogP) is 3.85. The van der Waals surface area contributed by atoms with Gasteiger partial charge in [-0.25, -0.2) is 9.97 Å². The first kappa shape index (κ1) is 21.4. The van der Waals surface area contributed by atoms with Crippen molar-refractivity contribution in [2.75, 3.05) is 50.2 Å². The molecule has 1 aromatic carbocycles. The Bertz CT molecular complexity index is 985. The van der Waals surface area contributed by atoms with Crippen LogP contribution in [0.1, 0.15) is 29.6 Å². The molecule has 2 aromatic rings. The van der Waals surface area contributed by atoms with Gasteiger partial charge in [-0.3, -0.25) is 0 Å².